The number of nitrogens with one attached hydrogen (secondary N) is 2. The number of amides is 2. The van der Waals surface area contributed by atoms with E-state index in [4.69, 9.17) is 22.9 Å². The molecule has 0 saturated heterocycles. The van der Waals surface area contributed by atoms with Gasteiger partial charge >= 0.3 is 0 Å². The molecule has 9 nitrogen and oxygen atoms in total. The summed E-state index contributed by atoms with van der Waals surface area (Å²) in [5, 5.41) is 5.20. The predicted octanol–water partition coefficient (Wildman–Crippen LogP) is -2.27. The highest BCUT2D eigenvalue weighted by Gasteiger charge is 2.22. The Morgan fingerprint density at radius 2 is 1.77 bits per heavy atom. The largest absolute Gasteiger partial charge is 0.370 e. The highest BCUT2D eigenvalue weighted by molar-refractivity contribution is 5.89. The summed E-state index contributed by atoms with van der Waals surface area (Å²) in [6.45, 7) is 0.970. The van der Waals surface area contributed by atoms with Crippen LogP contribution in [0.1, 0.15) is 32.1 Å². The van der Waals surface area contributed by atoms with Crippen molar-refractivity contribution in [2.45, 2.75) is 44.2 Å². The molecule has 22 heavy (non-hydrogen) atoms. The molecule has 0 heterocycles. The zero-order valence-electron chi connectivity index (χ0n) is 13.2. The second-order valence-corrected chi connectivity index (χ2v) is 5.02. The molecule has 0 fully saturated rings. The summed E-state index contributed by atoms with van der Waals surface area (Å²) < 4.78 is 0. The maximum Gasteiger partial charge on any atom is 0.242 e. The molecule has 128 valence electrons. The van der Waals surface area contributed by atoms with Gasteiger partial charge in [0.1, 0.15) is 6.04 Å². The molecule has 0 aliphatic carbocycles. The molecular formula is C13H29N7O2. The van der Waals surface area contributed by atoms with Crippen molar-refractivity contribution in [1.82, 2.24) is 10.6 Å². The van der Waals surface area contributed by atoms with Crippen LogP contribution in [-0.2, 0) is 9.59 Å². The Bertz CT molecular complexity index is 369. The summed E-state index contributed by atoms with van der Waals surface area (Å²) in [5.41, 5.74) is 21.6. The van der Waals surface area contributed by atoms with Gasteiger partial charge in [0.05, 0.1) is 6.04 Å². The number of unbranched alkanes of at least 4 members (excludes halogenated alkanes) is 1. The van der Waals surface area contributed by atoms with Gasteiger partial charge in [-0.15, -0.1) is 0 Å². The maximum absolute atomic E-state index is 12.0. The molecule has 2 amide bonds. The molecule has 0 saturated carbocycles. The number of hydrogen-bond acceptors (Lipinski definition) is 5. The second kappa shape index (κ2) is 11.8. The molecule has 0 spiro atoms. The lowest BCUT2D eigenvalue weighted by molar-refractivity contribution is -0.129. The molecule has 0 aliphatic rings. The SMILES string of the molecule is CNC(=O)C(CCCCN)NC(=O)C(N)CCCN=C(N)N. The first-order chi connectivity index (χ1) is 10.4. The number of carbonyl (C=O) groups excluding carboxylic acids is 2. The third-order valence-corrected chi connectivity index (χ3v) is 3.13. The summed E-state index contributed by atoms with van der Waals surface area (Å²) in [6.07, 6.45) is 3.11. The summed E-state index contributed by atoms with van der Waals surface area (Å²) in [5.74, 6) is -0.582. The Morgan fingerprint density at radius 1 is 1.09 bits per heavy atom. The lowest BCUT2D eigenvalue weighted by Gasteiger charge is -2.19. The monoisotopic (exact) mass is 315 g/mol. The van der Waals surface area contributed by atoms with Crippen LogP contribution in [0.25, 0.3) is 0 Å². The molecule has 9 heteroatoms. The van der Waals surface area contributed by atoms with E-state index in [1.165, 1.54) is 7.05 Å². The normalized spacial score (nSPS) is 13.0. The Balaban J connectivity index is 4.28. The van der Waals surface area contributed by atoms with Crippen LogP contribution in [0.4, 0.5) is 0 Å². The van der Waals surface area contributed by atoms with E-state index in [1.54, 1.807) is 0 Å². The maximum atomic E-state index is 12.0. The third-order valence-electron chi connectivity index (χ3n) is 3.13. The van der Waals surface area contributed by atoms with E-state index in [-0.39, 0.29) is 17.8 Å². The quantitative estimate of drug-likeness (QED) is 0.142. The molecule has 0 radical (unpaired) electrons. The fraction of sp³-hybridized carbons (Fsp3) is 0.769. The Hall–Kier alpha value is -1.87. The number of nitrogens with zero attached hydrogens (tertiary/aromatic N) is 1. The molecule has 0 aliphatic heterocycles. The zero-order chi connectivity index (χ0) is 17.0. The molecule has 0 aromatic carbocycles. The Morgan fingerprint density at radius 3 is 2.32 bits per heavy atom. The minimum atomic E-state index is -0.698. The van der Waals surface area contributed by atoms with Crippen molar-refractivity contribution in [3.8, 4) is 0 Å². The minimum Gasteiger partial charge on any atom is -0.370 e. The van der Waals surface area contributed by atoms with E-state index in [1.807, 2.05) is 0 Å². The van der Waals surface area contributed by atoms with Crippen LogP contribution in [0, 0.1) is 0 Å². The molecule has 0 aromatic heterocycles. The van der Waals surface area contributed by atoms with E-state index in [0.717, 1.165) is 12.8 Å². The van der Waals surface area contributed by atoms with Gasteiger partial charge in [-0.05, 0) is 38.6 Å². The molecule has 0 rings (SSSR count). The van der Waals surface area contributed by atoms with Crippen LogP contribution >= 0.6 is 0 Å². The number of likely N-dealkylation sites (N-methyl/N-ethyl adjacent to an activating group) is 1. The second-order valence-electron chi connectivity index (χ2n) is 5.02. The van der Waals surface area contributed by atoms with E-state index < -0.39 is 12.1 Å². The summed E-state index contributed by atoms with van der Waals surface area (Å²) in [7, 11) is 1.53. The van der Waals surface area contributed by atoms with Gasteiger partial charge in [-0.2, -0.15) is 0 Å². The minimum absolute atomic E-state index is 0.0117. The van der Waals surface area contributed by atoms with Crippen molar-refractivity contribution in [3.05, 3.63) is 0 Å². The van der Waals surface area contributed by atoms with Crippen LogP contribution in [0.2, 0.25) is 0 Å². The van der Waals surface area contributed by atoms with Crippen molar-refractivity contribution in [2.24, 2.45) is 27.9 Å². The van der Waals surface area contributed by atoms with Crippen LogP contribution < -0.4 is 33.6 Å². The van der Waals surface area contributed by atoms with Gasteiger partial charge in [0.15, 0.2) is 5.96 Å². The molecule has 2 unspecified atom stereocenters. The zero-order valence-corrected chi connectivity index (χ0v) is 13.2. The van der Waals surface area contributed by atoms with E-state index in [2.05, 4.69) is 15.6 Å². The van der Waals surface area contributed by atoms with Gasteiger partial charge in [-0.25, -0.2) is 0 Å². The molecule has 10 N–H and O–H groups in total. The van der Waals surface area contributed by atoms with Gasteiger partial charge in [0.2, 0.25) is 11.8 Å². The first-order valence-corrected chi connectivity index (χ1v) is 7.45. The summed E-state index contributed by atoms with van der Waals surface area (Å²) in [6, 6.07) is -1.29. The van der Waals surface area contributed by atoms with Crippen LogP contribution in [0.15, 0.2) is 4.99 Å². The highest BCUT2D eigenvalue weighted by Crippen LogP contribution is 2.03. The number of hydrogen-bond donors (Lipinski definition) is 6. The number of aliphatic imine (C=N–C) groups is 1. The molecule has 0 bridgehead atoms. The van der Waals surface area contributed by atoms with Crippen LogP contribution in [0.3, 0.4) is 0 Å². The number of carbonyl (C=O) groups is 2. The van der Waals surface area contributed by atoms with Crippen molar-refractivity contribution in [3.63, 3.8) is 0 Å². The van der Waals surface area contributed by atoms with E-state index in [9.17, 15) is 9.59 Å². The smallest absolute Gasteiger partial charge is 0.242 e. The van der Waals surface area contributed by atoms with Crippen molar-refractivity contribution in [1.29, 1.82) is 0 Å². The molecular weight excluding hydrogens is 286 g/mol. The Kier molecular flexibility index (Phi) is 10.8. The number of guanidine groups is 1. The predicted molar refractivity (Wildman–Crippen MR) is 86.8 cm³/mol. The fourth-order valence-corrected chi connectivity index (χ4v) is 1.87. The first kappa shape index (κ1) is 20.1. The number of nitrogens with two attached hydrogens (primary N) is 4. The van der Waals surface area contributed by atoms with E-state index in [0.29, 0.717) is 32.4 Å². The lowest BCUT2D eigenvalue weighted by atomic mass is 10.1. The van der Waals surface area contributed by atoms with E-state index >= 15 is 0 Å². The first-order valence-electron chi connectivity index (χ1n) is 7.45. The highest BCUT2D eigenvalue weighted by atomic mass is 16.2. The molecule has 2 atom stereocenters. The fourth-order valence-electron chi connectivity index (χ4n) is 1.87. The van der Waals surface area contributed by atoms with Gasteiger partial charge in [0.25, 0.3) is 0 Å². The summed E-state index contributed by atoms with van der Waals surface area (Å²) >= 11 is 0. The summed E-state index contributed by atoms with van der Waals surface area (Å²) in [4.78, 5) is 27.6. The van der Waals surface area contributed by atoms with Gasteiger partial charge in [0, 0.05) is 13.6 Å². The third kappa shape index (κ3) is 9.14. The lowest BCUT2D eigenvalue weighted by Crippen LogP contribution is -2.51. The van der Waals surface area contributed by atoms with Gasteiger partial charge in [-0.3, -0.25) is 14.6 Å². The standard InChI is InChI=1S/C13H29N7O2/c1-18-12(22)10(6-2-3-7-14)20-11(21)9(15)5-4-8-19-13(16)17/h9-10H,2-8,14-15H2,1H3,(H,18,22)(H,20,21)(H4,16,17,19). The average molecular weight is 315 g/mol. The topological polar surface area (TPSA) is 175 Å². The average Bonchev–Trinajstić information content (AvgIpc) is 2.49. The Labute approximate surface area is 131 Å². The van der Waals surface area contributed by atoms with Crippen molar-refractivity contribution in [2.75, 3.05) is 20.1 Å². The van der Waals surface area contributed by atoms with Gasteiger partial charge in [-0.1, -0.05) is 0 Å². The van der Waals surface area contributed by atoms with Crippen LogP contribution in [0.5, 0.6) is 0 Å². The number of rotatable bonds is 11. The molecule has 0 aromatic rings. The van der Waals surface area contributed by atoms with Crippen molar-refractivity contribution < 1.29 is 9.59 Å². The van der Waals surface area contributed by atoms with Crippen molar-refractivity contribution >= 4 is 17.8 Å². The van der Waals surface area contributed by atoms with Crippen LogP contribution in [-0.4, -0.2) is 50.0 Å². The van der Waals surface area contributed by atoms with Gasteiger partial charge < -0.3 is 33.6 Å².